The van der Waals surface area contributed by atoms with Crippen molar-refractivity contribution in [2.45, 2.75) is 32.7 Å². The Morgan fingerprint density at radius 1 is 1.06 bits per heavy atom. The third kappa shape index (κ3) is 4.49. The molecule has 0 unspecified atom stereocenters. The molecular weight excluding hydrogens is 408 g/mol. The molecule has 0 bridgehead atoms. The van der Waals surface area contributed by atoms with Crippen LogP contribution in [0.25, 0.3) is 11.0 Å². The number of rotatable bonds is 5. The van der Waals surface area contributed by atoms with Crippen molar-refractivity contribution in [3.05, 3.63) is 64.1 Å². The number of benzene rings is 1. The van der Waals surface area contributed by atoms with Crippen LogP contribution in [0, 0.1) is 6.92 Å². The van der Waals surface area contributed by atoms with Gasteiger partial charge < -0.3 is 19.5 Å². The average Bonchev–Trinajstić information content (AvgIpc) is 2.81. The number of aromatic nitrogens is 2. The summed E-state index contributed by atoms with van der Waals surface area (Å²) in [6, 6.07) is 10.4. The van der Waals surface area contributed by atoms with E-state index in [4.69, 9.17) is 4.74 Å². The van der Waals surface area contributed by atoms with Crippen LogP contribution in [-0.2, 0) is 11.3 Å². The van der Waals surface area contributed by atoms with Crippen LogP contribution in [0.15, 0.2) is 47.4 Å². The summed E-state index contributed by atoms with van der Waals surface area (Å²) in [4.78, 5) is 45.2. The smallest absolute Gasteiger partial charge is 0.259 e. The van der Waals surface area contributed by atoms with Gasteiger partial charge in [0, 0.05) is 30.7 Å². The fraction of sp³-hybridized carbons (Fsp3) is 0.333. The first-order valence-corrected chi connectivity index (χ1v) is 10.7. The summed E-state index contributed by atoms with van der Waals surface area (Å²) in [7, 11) is 1.58. The van der Waals surface area contributed by atoms with Crippen LogP contribution in [0.4, 0.5) is 5.69 Å². The van der Waals surface area contributed by atoms with Gasteiger partial charge in [0.15, 0.2) is 0 Å². The monoisotopic (exact) mass is 434 g/mol. The Labute approximate surface area is 185 Å². The zero-order valence-corrected chi connectivity index (χ0v) is 18.3. The first-order valence-electron chi connectivity index (χ1n) is 10.7. The Morgan fingerprint density at radius 3 is 2.47 bits per heavy atom. The number of aryl methyl sites for hydroxylation is 1. The van der Waals surface area contributed by atoms with Crippen LogP contribution in [0.3, 0.4) is 0 Å². The number of anilines is 1. The number of hydrogen-bond donors (Lipinski definition) is 1. The van der Waals surface area contributed by atoms with E-state index in [1.54, 1.807) is 53.0 Å². The maximum Gasteiger partial charge on any atom is 0.259 e. The second-order valence-corrected chi connectivity index (χ2v) is 7.95. The fourth-order valence-corrected chi connectivity index (χ4v) is 3.93. The van der Waals surface area contributed by atoms with Gasteiger partial charge in [-0.1, -0.05) is 0 Å². The topological polar surface area (TPSA) is 93.5 Å². The molecule has 1 saturated heterocycles. The van der Waals surface area contributed by atoms with Crippen molar-refractivity contribution < 1.29 is 14.3 Å². The summed E-state index contributed by atoms with van der Waals surface area (Å²) in [5.74, 6) is 0.108. The van der Waals surface area contributed by atoms with E-state index in [0.29, 0.717) is 35.6 Å². The van der Waals surface area contributed by atoms with Gasteiger partial charge >= 0.3 is 0 Å². The number of amides is 2. The normalized spacial score (nSPS) is 13.8. The third-order valence-corrected chi connectivity index (χ3v) is 5.62. The molecule has 2 amide bonds. The highest BCUT2D eigenvalue weighted by Crippen LogP contribution is 2.17. The van der Waals surface area contributed by atoms with Crippen LogP contribution < -0.4 is 15.5 Å². The van der Waals surface area contributed by atoms with E-state index < -0.39 is 0 Å². The Kier molecular flexibility index (Phi) is 6.20. The maximum atomic E-state index is 13.1. The summed E-state index contributed by atoms with van der Waals surface area (Å²) >= 11 is 0. The van der Waals surface area contributed by atoms with Gasteiger partial charge in [-0.25, -0.2) is 4.98 Å². The first-order chi connectivity index (χ1) is 15.5. The molecule has 1 aliphatic heterocycles. The van der Waals surface area contributed by atoms with Crippen LogP contribution >= 0.6 is 0 Å². The number of likely N-dealkylation sites (tertiary alicyclic amines) is 1. The number of piperidine rings is 1. The second-order valence-electron chi connectivity index (χ2n) is 7.95. The predicted molar refractivity (Wildman–Crippen MR) is 122 cm³/mol. The van der Waals surface area contributed by atoms with E-state index >= 15 is 0 Å². The summed E-state index contributed by atoms with van der Waals surface area (Å²) in [6.07, 6.45) is 4.42. The van der Waals surface area contributed by atoms with Crippen molar-refractivity contribution in [3.63, 3.8) is 0 Å². The number of nitrogens with one attached hydrogen (secondary N) is 1. The Balaban J connectivity index is 1.67. The molecule has 8 nitrogen and oxygen atoms in total. The highest BCUT2D eigenvalue weighted by atomic mass is 16.5. The predicted octanol–water partition coefficient (Wildman–Crippen LogP) is 2.98. The molecule has 2 aromatic heterocycles. The van der Waals surface area contributed by atoms with Gasteiger partial charge in [-0.2, -0.15) is 0 Å². The Morgan fingerprint density at radius 2 is 1.78 bits per heavy atom. The minimum Gasteiger partial charge on any atom is -0.497 e. The van der Waals surface area contributed by atoms with Gasteiger partial charge in [-0.05, 0) is 62.6 Å². The Bertz CT molecular complexity index is 1210. The molecule has 0 atom stereocenters. The number of carbonyl (C=O) groups is 2. The van der Waals surface area contributed by atoms with E-state index in [2.05, 4.69) is 10.3 Å². The van der Waals surface area contributed by atoms with E-state index in [1.807, 2.05) is 6.92 Å². The lowest BCUT2D eigenvalue weighted by atomic mass is 10.1. The van der Waals surface area contributed by atoms with Crippen molar-refractivity contribution in [1.29, 1.82) is 0 Å². The molecule has 0 saturated carbocycles. The first kappa shape index (κ1) is 21.5. The summed E-state index contributed by atoms with van der Waals surface area (Å²) in [5.41, 5.74) is 1.44. The molecule has 0 radical (unpaired) electrons. The molecule has 1 aliphatic rings. The number of carbonyl (C=O) groups excluding carboxylic acids is 2. The van der Waals surface area contributed by atoms with Crippen LogP contribution in [-0.4, -0.2) is 46.5 Å². The van der Waals surface area contributed by atoms with Crippen molar-refractivity contribution >= 4 is 28.5 Å². The molecule has 4 rings (SSSR count). The van der Waals surface area contributed by atoms with Crippen molar-refractivity contribution in [2.75, 3.05) is 25.5 Å². The standard InChI is InChI=1S/C24H26N4O4/c1-16-6-11-19-22(30)20(24(31)27-12-4-3-5-13-27)14-28(23(19)25-16)15-21(29)26-17-7-9-18(32-2)10-8-17/h6-11,14H,3-5,12-13,15H2,1-2H3,(H,26,29). The minimum atomic E-state index is -0.352. The fourth-order valence-electron chi connectivity index (χ4n) is 3.93. The molecule has 32 heavy (non-hydrogen) atoms. The van der Waals surface area contributed by atoms with Crippen molar-refractivity contribution in [1.82, 2.24) is 14.5 Å². The van der Waals surface area contributed by atoms with Gasteiger partial charge in [0.2, 0.25) is 11.3 Å². The van der Waals surface area contributed by atoms with Gasteiger partial charge in [-0.3, -0.25) is 14.4 Å². The molecule has 8 heteroatoms. The summed E-state index contributed by atoms with van der Waals surface area (Å²) in [5, 5.41) is 3.16. The third-order valence-electron chi connectivity index (χ3n) is 5.62. The second kappa shape index (κ2) is 9.21. The lowest BCUT2D eigenvalue weighted by Crippen LogP contribution is -2.38. The SMILES string of the molecule is COc1ccc(NC(=O)Cn2cc(C(=O)N3CCCCC3)c(=O)c3ccc(C)nc32)cc1. The molecule has 1 fully saturated rings. The van der Waals surface area contributed by atoms with Crippen molar-refractivity contribution in [2.24, 2.45) is 0 Å². The molecule has 1 aromatic carbocycles. The van der Waals surface area contributed by atoms with Crippen molar-refractivity contribution in [3.8, 4) is 5.75 Å². The van der Waals surface area contributed by atoms with Gasteiger partial charge in [-0.15, -0.1) is 0 Å². The molecular formula is C24H26N4O4. The Hall–Kier alpha value is -3.68. The molecule has 3 heterocycles. The number of pyridine rings is 2. The highest BCUT2D eigenvalue weighted by molar-refractivity contribution is 5.97. The van der Waals surface area contributed by atoms with Gasteiger partial charge in [0.1, 0.15) is 23.5 Å². The van der Waals surface area contributed by atoms with Crippen LogP contribution in [0.1, 0.15) is 35.3 Å². The quantitative estimate of drug-likeness (QED) is 0.666. The largest absolute Gasteiger partial charge is 0.497 e. The van der Waals surface area contributed by atoms with E-state index in [-0.39, 0.29) is 29.4 Å². The molecule has 166 valence electrons. The minimum absolute atomic E-state index is 0.0716. The maximum absolute atomic E-state index is 13.1. The number of nitrogens with zero attached hydrogens (tertiary/aromatic N) is 3. The molecule has 3 aromatic rings. The van der Waals surface area contributed by atoms with Crippen LogP contribution in [0.2, 0.25) is 0 Å². The van der Waals surface area contributed by atoms with Crippen LogP contribution in [0.5, 0.6) is 5.75 Å². The number of fused-ring (bicyclic) bond motifs is 1. The van der Waals surface area contributed by atoms with E-state index in [0.717, 1.165) is 25.0 Å². The number of hydrogen-bond acceptors (Lipinski definition) is 5. The zero-order valence-electron chi connectivity index (χ0n) is 18.3. The zero-order chi connectivity index (χ0) is 22.7. The average molecular weight is 434 g/mol. The number of methoxy groups -OCH3 is 1. The summed E-state index contributed by atoms with van der Waals surface area (Å²) in [6.45, 7) is 3.01. The summed E-state index contributed by atoms with van der Waals surface area (Å²) < 4.78 is 6.72. The van der Waals surface area contributed by atoms with Gasteiger partial charge in [0.25, 0.3) is 5.91 Å². The van der Waals surface area contributed by atoms with E-state index in [1.165, 1.54) is 6.20 Å². The van der Waals surface area contributed by atoms with E-state index in [9.17, 15) is 14.4 Å². The molecule has 0 spiro atoms. The lowest BCUT2D eigenvalue weighted by Gasteiger charge is -2.26. The van der Waals surface area contributed by atoms with Gasteiger partial charge in [0.05, 0.1) is 12.5 Å². The lowest BCUT2D eigenvalue weighted by molar-refractivity contribution is -0.116. The molecule has 0 aliphatic carbocycles. The molecule has 1 N–H and O–H groups in total. The highest BCUT2D eigenvalue weighted by Gasteiger charge is 2.23. The number of ether oxygens (including phenoxy) is 1.